The maximum absolute atomic E-state index is 14.1. The van der Waals surface area contributed by atoms with Gasteiger partial charge >= 0.3 is 6.18 Å². The molecule has 1 unspecified atom stereocenters. The fourth-order valence-corrected chi connectivity index (χ4v) is 5.28. The van der Waals surface area contributed by atoms with E-state index in [1.54, 1.807) is 30.3 Å². The third-order valence-corrected chi connectivity index (χ3v) is 7.03. The molecule has 0 aromatic heterocycles. The van der Waals surface area contributed by atoms with Crippen LogP contribution in [0.1, 0.15) is 61.1 Å². The summed E-state index contributed by atoms with van der Waals surface area (Å²) < 4.78 is 68.7. The highest BCUT2D eigenvalue weighted by atomic mass is 19.4. The summed E-state index contributed by atoms with van der Waals surface area (Å²) in [6.45, 7) is 14.9. The van der Waals surface area contributed by atoms with Crippen molar-refractivity contribution in [3.05, 3.63) is 155 Å². The number of nitrogens with one attached hydrogen (secondary N) is 2. The first kappa shape index (κ1) is 35.1. The zero-order valence-electron chi connectivity index (χ0n) is 26.2. The molecule has 2 nitrogen and oxygen atoms in total. The van der Waals surface area contributed by atoms with Crippen molar-refractivity contribution in [2.24, 2.45) is 0 Å². The smallest absolute Gasteiger partial charge is 0.371 e. The number of anilines is 1. The number of rotatable bonds is 12. The molecule has 0 heterocycles. The van der Waals surface area contributed by atoms with Crippen LogP contribution in [0.3, 0.4) is 0 Å². The Morgan fingerprint density at radius 3 is 1.64 bits per heavy atom. The number of hydrogen-bond acceptors (Lipinski definition) is 2. The van der Waals surface area contributed by atoms with Gasteiger partial charge in [-0.1, -0.05) is 118 Å². The Hall–Kier alpha value is -4.39. The van der Waals surface area contributed by atoms with Gasteiger partial charge in [-0.25, -0.2) is 8.78 Å². The fourth-order valence-electron chi connectivity index (χ4n) is 5.28. The molecular formula is C38H41F5N2. The molecule has 0 spiro atoms. The quantitative estimate of drug-likeness (QED) is 0.154. The third-order valence-electron chi connectivity index (χ3n) is 7.03. The lowest BCUT2D eigenvalue weighted by Crippen LogP contribution is -2.44. The molecule has 0 fully saturated rings. The molecule has 45 heavy (non-hydrogen) atoms. The van der Waals surface area contributed by atoms with Gasteiger partial charge in [0.1, 0.15) is 0 Å². The molecule has 4 aromatic rings. The van der Waals surface area contributed by atoms with Gasteiger partial charge in [0.05, 0.1) is 12.0 Å². The van der Waals surface area contributed by atoms with Crippen LogP contribution in [0.5, 0.6) is 0 Å². The van der Waals surface area contributed by atoms with Crippen molar-refractivity contribution in [2.75, 3.05) is 5.32 Å². The van der Waals surface area contributed by atoms with E-state index in [1.807, 2.05) is 81.4 Å². The molecule has 0 bridgehead atoms. The van der Waals surface area contributed by atoms with Crippen LogP contribution in [-0.4, -0.2) is 12.1 Å². The maximum Gasteiger partial charge on any atom is 0.393 e. The zero-order valence-corrected chi connectivity index (χ0v) is 26.2. The van der Waals surface area contributed by atoms with Crippen LogP contribution in [0.25, 0.3) is 5.70 Å². The standard InChI is InChI=1S/C36H35F5N2.C2H6/c1-25(2)42-33-18-16-30(17-19-33)26(3)43-35(23-27-10-6-5-7-11-27,31-14-8-12-28(20-31)22-34(4,37)38)32-15-9-13-29(21-32)24-36(39,40)41;1-2/h5-21,42-43H,1,3,22-24H2,2,4H3;1-2H3. The average Bonchev–Trinajstić information content (AvgIpc) is 2.97. The normalized spacial score (nSPS) is 12.7. The predicted molar refractivity (Wildman–Crippen MR) is 176 cm³/mol. The van der Waals surface area contributed by atoms with Gasteiger partial charge in [-0.3, -0.25) is 0 Å². The summed E-state index contributed by atoms with van der Waals surface area (Å²) in [7, 11) is 0. The van der Waals surface area contributed by atoms with Crippen molar-refractivity contribution < 1.29 is 22.0 Å². The molecule has 0 radical (unpaired) electrons. The number of benzene rings is 4. The van der Waals surface area contributed by atoms with Gasteiger partial charge < -0.3 is 10.6 Å². The molecule has 0 aliphatic carbocycles. The molecule has 7 heteroatoms. The Kier molecular flexibility index (Phi) is 11.7. The Labute approximate surface area is 263 Å². The van der Waals surface area contributed by atoms with Crippen molar-refractivity contribution in [2.45, 2.75) is 64.6 Å². The van der Waals surface area contributed by atoms with E-state index in [2.05, 4.69) is 23.8 Å². The number of halogens is 5. The maximum atomic E-state index is 14.1. The Balaban J connectivity index is 0.00000271. The molecule has 0 amide bonds. The lowest BCUT2D eigenvalue weighted by Gasteiger charge is -2.39. The second kappa shape index (κ2) is 15.1. The number of alkyl halides is 5. The van der Waals surface area contributed by atoms with Gasteiger partial charge in [-0.2, -0.15) is 13.2 Å². The molecular weight excluding hydrogens is 579 g/mol. The van der Waals surface area contributed by atoms with E-state index in [0.29, 0.717) is 28.8 Å². The summed E-state index contributed by atoms with van der Waals surface area (Å²) in [5.74, 6) is -2.94. The topological polar surface area (TPSA) is 24.1 Å². The Morgan fingerprint density at radius 1 is 0.644 bits per heavy atom. The first-order chi connectivity index (χ1) is 21.2. The lowest BCUT2D eigenvalue weighted by atomic mass is 9.76. The second-order valence-electron chi connectivity index (χ2n) is 11.1. The first-order valence-electron chi connectivity index (χ1n) is 14.9. The molecule has 0 saturated carbocycles. The van der Waals surface area contributed by atoms with Crippen molar-refractivity contribution in [1.82, 2.24) is 5.32 Å². The highest BCUT2D eigenvalue weighted by Gasteiger charge is 2.37. The third kappa shape index (κ3) is 10.3. The van der Waals surface area contributed by atoms with E-state index in [9.17, 15) is 22.0 Å². The van der Waals surface area contributed by atoms with E-state index in [0.717, 1.165) is 29.4 Å². The average molecular weight is 621 g/mol. The summed E-state index contributed by atoms with van der Waals surface area (Å²) in [5, 5.41) is 6.72. The van der Waals surface area contributed by atoms with Crippen LogP contribution in [0.15, 0.2) is 122 Å². The minimum absolute atomic E-state index is 0.0984. The van der Waals surface area contributed by atoms with E-state index >= 15 is 0 Å². The van der Waals surface area contributed by atoms with Gasteiger partial charge in [0, 0.05) is 29.9 Å². The van der Waals surface area contributed by atoms with Gasteiger partial charge in [-0.15, -0.1) is 0 Å². The molecule has 0 aliphatic rings. The molecule has 4 aromatic carbocycles. The Bertz CT molecular complexity index is 1490. The van der Waals surface area contributed by atoms with Crippen molar-refractivity contribution in [1.29, 1.82) is 0 Å². The predicted octanol–water partition coefficient (Wildman–Crippen LogP) is 10.7. The van der Waals surface area contributed by atoms with Gasteiger partial charge in [0.25, 0.3) is 0 Å². The summed E-state index contributed by atoms with van der Waals surface area (Å²) in [6, 6.07) is 30.2. The molecule has 2 N–H and O–H groups in total. The van der Waals surface area contributed by atoms with E-state index < -0.39 is 30.5 Å². The highest BCUT2D eigenvalue weighted by Crippen LogP contribution is 2.38. The van der Waals surface area contributed by atoms with Crippen molar-refractivity contribution >= 4 is 11.4 Å². The number of hydrogen-bond donors (Lipinski definition) is 2. The monoisotopic (exact) mass is 620 g/mol. The molecule has 238 valence electrons. The SMILES string of the molecule is C=C(C)Nc1ccc(C(=C)NC(Cc2ccccc2)(c2cccc(CC(C)(F)F)c2)c2cccc(CC(F)(F)F)c2)cc1.CC. The summed E-state index contributed by atoms with van der Waals surface area (Å²) in [4.78, 5) is 0. The summed E-state index contributed by atoms with van der Waals surface area (Å²) in [5.41, 5.74) is 4.33. The van der Waals surface area contributed by atoms with E-state index in [1.165, 1.54) is 12.1 Å². The molecule has 0 saturated heterocycles. The lowest BCUT2D eigenvalue weighted by molar-refractivity contribution is -0.127. The summed E-state index contributed by atoms with van der Waals surface area (Å²) in [6.07, 6.45) is -5.66. The fraction of sp³-hybridized carbons (Fsp3) is 0.263. The highest BCUT2D eigenvalue weighted by molar-refractivity contribution is 5.66. The summed E-state index contributed by atoms with van der Waals surface area (Å²) >= 11 is 0. The second-order valence-corrected chi connectivity index (χ2v) is 11.1. The van der Waals surface area contributed by atoms with Crippen molar-refractivity contribution in [3.8, 4) is 0 Å². The van der Waals surface area contributed by atoms with Gasteiger partial charge in [0.15, 0.2) is 0 Å². The first-order valence-corrected chi connectivity index (χ1v) is 14.9. The minimum Gasteiger partial charge on any atom is -0.371 e. The molecule has 0 aliphatic heterocycles. The minimum atomic E-state index is -4.40. The van der Waals surface area contributed by atoms with Crippen LogP contribution >= 0.6 is 0 Å². The van der Waals surface area contributed by atoms with Crippen LogP contribution in [0.4, 0.5) is 27.6 Å². The number of allylic oxidation sites excluding steroid dienone is 1. The molecule has 1 atom stereocenters. The van der Waals surface area contributed by atoms with Gasteiger partial charge in [-0.05, 0) is 59.4 Å². The zero-order chi connectivity index (χ0) is 33.3. The van der Waals surface area contributed by atoms with E-state index in [4.69, 9.17) is 0 Å². The Morgan fingerprint density at radius 2 is 1.16 bits per heavy atom. The van der Waals surface area contributed by atoms with Crippen LogP contribution in [0.2, 0.25) is 0 Å². The van der Waals surface area contributed by atoms with Crippen LogP contribution < -0.4 is 10.6 Å². The van der Waals surface area contributed by atoms with Crippen LogP contribution in [0, 0.1) is 0 Å². The van der Waals surface area contributed by atoms with Crippen molar-refractivity contribution in [3.63, 3.8) is 0 Å². The van der Waals surface area contributed by atoms with E-state index in [-0.39, 0.29) is 5.56 Å². The molecule has 4 rings (SSSR count). The van der Waals surface area contributed by atoms with Gasteiger partial charge in [0.2, 0.25) is 5.92 Å². The van der Waals surface area contributed by atoms with Crippen LogP contribution in [-0.2, 0) is 24.8 Å². The largest absolute Gasteiger partial charge is 0.393 e.